The van der Waals surface area contributed by atoms with Gasteiger partial charge in [-0.1, -0.05) is 12.1 Å². The third-order valence-electron chi connectivity index (χ3n) is 6.27. The lowest BCUT2D eigenvalue weighted by Gasteiger charge is -2.19. The van der Waals surface area contributed by atoms with Crippen LogP contribution in [0.3, 0.4) is 0 Å². The zero-order chi connectivity index (χ0) is 22.0. The maximum Gasteiger partial charge on any atom is 0.231 e. The van der Waals surface area contributed by atoms with Gasteiger partial charge in [0.25, 0.3) is 0 Å². The highest BCUT2D eigenvalue weighted by Crippen LogP contribution is 2.37. The number of fused-ring (bicyclic) bond motifs is 3. The molecule has 0 atom stereocenters. The summed E-state index contributed by atoms with van der Waals surface area (Å²) in [5.41, 5.74) is 5.03. The van der Waals surface area contributed by atoms with Crippen molar-refractivity contribution >= 4 is 0 Å². The molecule has 0 saturated carbocycles. The van der Waals surface area contributed by atoms with Gasteiger partial charge in [0.15, 0.2) is 34.5 Å². The lowest BCUT2D eigenvalue weighted by Crippen LogP contribution is -2.15. The van der Waals surface area contributed by atoms with Crippen molar-refractivity contribution in [3.63, 3.8) is 0 Å². The van der Waals surface area contributed by atoms with Crippen molar-refractivity contribution in [3.05, 3.63) is 70.8 Å². The highest BCUT2D eigenvalue weighted by atomic mass is 16.7. The Hall–Kier alpha value is -3.54. The van der Waals surface area contributed by atoms with E-state index in [1.54, 1.807) is 0 Å². The average Bonchev–Trinajstić information content (AvgIpc) is 3.33. The van der Waals surface area contributed by atoms with Crippen molar-refractivity contribution in [3.8, 4) is 34.5 Å². The summed E-state index contributed by atoms with van der Waals surface area (Å²) in [6, 6.07) is 16.7. The highest BCUT2D eigenvalue weighted by Gasteiger charge is 2.19. The second-order valence-electron chi connectivity index (χ2n) is 8.43. The summed E-state index contributed by atoms with van der Waals surface area (Å²) in [6.07, 6.45) is 3.64. The molecule has 6 nitrogen and oxygen atoms in total. The Balaban J connectivity index is 1.20. The largest absolute Gasteiger partial charge is 0.486 e. The molecule has 3 aromatic rings. The molecule has 170 valence electrons. The molecule has 0 fully saturated rings. The van der Waals surface area contributed by atoms with Gasteiger partial charge in [0.05, 0.1) is 0 Å². The van der Waals surface area contributed by atoms with Crippen LogP contribution in [0, 0.1) is 0 Å². The molecule has 6 rings (SSSR count). The fourth-order valence-electron chi connectivity index (χ4n) is 4.54. The van der Waals surface area contributed by atoms with Crippen LogP contribution in [0.2, 0.25) is 0 Å². The van der Waals surface area contributed by atoms with Crippen LogP contribution >= 0.6 is 0 Å². The Kier molecular flexibility index (Phi) is 5.34. The van der Waals surface area contributed by atoms with Crippen LogP contribution in [0.4, 0.5) is 0 Å². The van der Waals surface area contributed by atoms with E-state index in [1.165, 1.54) is 22.3 Å². The molecule has 3 aliphatic rings. The number of rotatable bonds is 6. The lowest BCUT2D eigenvalue weighted by molar-refractivity contribution is 0.171. The van der Waals surface area contributed by atoms with Crippen molar-refractivity contribution in [1.82, 2.24) is 0 Å². The molecule has 3 heterocycles. The highest BCUT2D eigenvalue weighted by molar-refractivity contribution is 5.50. The molecule has 0 radical (unpaired) electrons. The molecule has 3 aliphatic heterocycles. The van der Waals surface area contributed by atoms with Gasteiger partial charge in [-0.05, 0) is 84.3 Å². The predicted molar refractivity (Wildman–Crippen MR) is 122 cm³/mol. The summed E-state index contributed by atoms with van der Waals surface area (Å²) in [5.74, 6) is 4.98. The first kappa shape index (κ1) is 20.1. The summed E-state index contributed by atoms with van der Waals surface area (Å²) in [7, 11) is 0. The minimum absolute atomic E-state index is 0.280. The SMILES string of the molecule is c1cc2c(cc1CCc1cc3c(cc1CCc1ccc4c(c1)OCCO4)OCO3)OCCO2. The van der Waals surface area contributed by atoms with Gasteiger partial charge in [0.2, 0.25) is 6.79 Å². The molecule has 3 aromatic carbocycles. The fraction of sp³-hybridized carbons (Fsp3) is 0.333. The number of aryl methyl sites for hydroxylation is 4. The maximum atomic E-state index is 5.75. The standard InChI is InChI=1S/C27H26O6/c1(18-3-7-22-24(13-18)30-11-9-28-22)5-20-15-26-27(33-17-32-26)16-21(20)6-2-19-4-8-23-25(14-19)31-12-10-29-23/h3-4,7-8,13-16H,1-2,5-6,9-12,17H2. The summed E-state index contributed by atoms with van der Waals surface area (Å²) < 4.78 is 34.1. The molecule has 33 heavy (non-hydrogen) atoms. The van der Waals surface area contributed by atoms with Crippen LogP contribution in [0.5, 0.6) is 34.5 Å². The second-order valence-corrected chi connectivity index (χ2v) is 8.43. The molecule has 0 N–H and O–H groups in total. The van der Waals surface area contributed by atoms with Crippen LogP contribution in [0.1, 0.15) is 22.3 Å². The Morgan fingerprint density at radius 2 is 0.848 bits per heavy atom. The quantitative estimate of drug-likeness (QED) is 0.555. The van der Waals surface area contributed by atoms with Crippen molar-refractivity contribution in [2.45, 2.75) is 25.7 Å². The lowest BCUT2D eigenvalue weighted by atomic mass is 9.94. The fourth-order valence-corrected chi connectivity index (χ4v) is 4.54. The van der Waals surface area contributed by atoms with Crippen molar-refractivity contribution < 1.29 is 28.4 Å². The molecule has 0 unspecified atom stereocenters. The minimum Gasteiger partial charge on any atom is -0.486 e. The first-order valence-electron chi connectivity index (χ1n) is 11.5. The first-order chi connectivity index (χ1) is 16.3. The molecule has 0 saturated heterocycles. The van der Waals surface area contributed by atoms with Crippen LogP contribution < -0.4 is 28.4 Å². The van der Waals surface area contributed by atoms with Gasteiger partial charge in [-0.25, -0.2) is 0 Å². The van der Waals surface area contributed by atoms with E-state index in [0.29, 0.717) is 26.4 Å². The van der Waals surface area contributed by atoms with E-state index in [0.717, 1.165) is 60.2 Å². The predicted octanol–water partition coefficient (Wildman–Crippen LogP) is 4.53. The van der Waals surface area contributed by atoms with E-state index in [4.69, 9.17) is 28.4 Å². The summed E-state index contributed by atoms with van der Waals surface area (Å²) in [5, 5.41) is 0. The topological polar surface area (TPSA) is 55.4 Å². The van der Waals surface area contributed by atoms with E-state index in [1.807, 2.05) is 12.1 Å². The minimum atomic E-state index is 0.280. The smallest absolute Gasteiger partial charge is 0.231 e. The normalized spacial score (nSPS) is 15.4. The van der Waals surface area contributed by atoms with Crippen LogP contribution in [0.25, 0.3) is 0 Å². The third kappa shape index (κ3) is 4.25. The van der Waals surface area contributed by atoms with E-state index >= 15 is 0 Å². The van der Waals surface area contributed by atoms with Gasteiger partial charge in [-0.3, -0.25) is 0 Å². The first-order valence-corrected chi connectivity index (χ1v) is 11.5. The van der Waals surface area contributed by atoms with Gasteiger partial charge in [0.1, 0.15) is 26.4 Å². The van der Waals surface area contributed by atoms with Crippen molar-refractivity contribution in [2.24, 2.45) is 0 Å². The molecule has 0 amide bonds. The summed E-state index contributed by atoms with van der Waals surface area (Å²) in [4.78, 5) is 0. The number of benzene rings is 3. The van der Waals surface area contributed by atoms with E-state index in [2.05, 4.69) is 36.4 Å². The van der Waals surface area contributed by atoms with Crippen LogP contribution in [-0.4, -0.2) is 33.2 Å². The van der Waals surface area contributed by atoms with Gasteiger partial charge < -0.3 is 28.4 Å². The third-order valence-corrected chi connectivity index (χ3v) is 6.27. The molecular formula is C27H26O6. The van der Waals surface area contributed by atoms with E-state index < -0.39 is 0 Å². The average molecular weight is 446 g/mol. The number of hydrogen-bond acceptors (Lipinski definition) is 6. The molecule has 6 heteroatoms. The second kappa shape index (κ2) is 8.77. The number of ether oxygens (including phenoxy) is 6. The number of hydrogen-bond donors (Lipinski definition) is 0. The van der Waals surface area contributed by atoms with Gasteiger partial charge in [-0.15, -0.1) is 0 Å². The monoisotopic (exact) mass is 446 g/mol. The molecule has 0 bridgehead atoms. The summed E-state index contributed by atoms with van der Waals surface area (Å²) >= 11 is 0. The van der Waals surface area contributed by atoms with Crippen LogP contribution in [0.15, 0.2) is 48.5 Å². The summed E-state index contributed by atoms with van der Waals surface area (Å²) in [6.45, 7) is 2.69. The van der Waals surface area contributed by atoms with Gasteiger partial charge in [-0.2, -0.15) is 0 Å². The maximum absolute atomic E-state index is 5.75. The zero-order valence-corrected chi connectivity index (χ0v) is 18.4. The van der Waals surface area contributed by atoms with E-state index in [9.17, 15) is 0 Å². The van der Waals surface area contributed by atoms with Gasteiger partial charge >= 0.3 is 0 Å². The Morgan fingerprint density at radius 1 is 0.424 bits per heavy atom. The van der Waals surface area contributed by atoms with Crippen molar-refractivity contribution in [1.29, 1.82) is 0 Å². The zero-order valence-electron chi connectivity index (χ0n) is 18.4. The Labute approximate surface area is 192 Å². The van der Waals surface area contributed by atoms with E-state index in [-0.39, 0.29) is 6.79 Å². The Bertz CT molecular complexity index is 1080. The van der Waals surface area contributed by atoms with Crippen molar-refractivity contribution in [2.75, 3.05) is 33.2 Å². The Morgan fingerprint density at radius 3 is 1.33 bits per heavy atom. The van der Waals surface area contributed by atoms with Gasteiger partial charge in [0, 0.05) is 0 Å². The molecule has 0 aliphatic carbocycles. The molecular weight excluding hydrogens is 420 g/mol. The molecule has 0 aromatic heterocycles. The van der Waals surface area contributed by atoms with Crippen LogP contribution in [-0.2, 0) is 25.7 Å². The molecule has 0 spiro atoms.